The fraction of sp³-hybridized carbons (Fsp3) is 0.150. The second-order valence-corrected chi connectivity index (χ2v) is 6.72. The van der Waals surface area contributed by atoms with Crippen molar-refractivity contribution in [1.29, 1.82) is 0 Å². The zero-order valence-electron chi connectivity index (χ0n) is 15.2. The van der Waals surface area contributed by atoms with E-state index in [0.29, 0.717) is 17.7 Å². The number of fused-ring (bicyclic) bond motifs is 3. The average Bonchev–Trinajstić information content (AvgIpc) is 3.29. The Morgan fingerprint density at radius 3 is 2.83 bits per heavy atom. The lowest BCUT2D eigenvalue weighted by atomic mass is 10.1. The molecular formula is C20H14F2N4O4. The van der Waals surface area contributed by atoms with Gasteiger partial charge in [0.15, 0.2) is 0 Å². The summed E-state index contributed by atoms with van der Waals surface area (Å²) in [5.41, 5.74) is 2.94. The Bertz CT molecular complexity index is 1120. The van der Waals surface area contributed by atoms with Crippen molar-refractivity contribution >= 4 is 11.7 Å². The monoisotopic (exact) mass is 412 g/mol. The lowest BCUT2D eigenvalue weighted by molar-refractivity contribution is 0.0289. The summed E-state index contributed by atoms with van der Waals surface area (Å²) >= 11 is 0. The molecule has 8 nitrogen and oxygen atoms in total. The molecule has 1 aliphatic carbocycles. The summed E-state index contributed by atoms with van der Waals surface area (Å²) in [7, 11) is 0. The lowest BCUT2D eigenvalue weighted by Gasteiger charge is -2.12. The number of benzene rings is 2. The van der Waals surface area contributed by atoms with Gasteiger partial charge in [-0.3, -0.25) is 4.84 Å². The van der Waals surface area contributed by atoms with Gasteiger partial charge in [0, 0.05) is 23.9 Å². The molecule has 3 aromatic rings. The fourth-order valence-corrected chi connectivity index (χ4v) is 3.32. The maximum Gasteiger partial charge on any atom is 0.343 e. The molecule has 152 valence electrons. The molecule has 3 atom stereocenters. The number of halogens is 2. The molecular weight excluding hydrogens is 398 g/mol. The highest BCUT2D eigenvalue weighted by Gasteiger charge is 2.61. The first-order chi connectivity index (χ1) is 14.6. The highest BCUT2D eigenvalue weighted by atomic mass is 19.1. The van der Waals surface area contributed by atoms with Gasteiger partial charge < -0.3 is 14.8 Å². The van der Waals surface area contributed by atoms with Gasteiger partial charge in [0.1, 0.15) is 41.7 Å². The minimum absolute atomic E-state index is 0.0724. The summed E-state index contributed by atoms with van der Waals surface area (Å²) in [6.45, 7) is 0. The zero-order chi connectivity index (χ0) is 20.7. The van der Waals surface area contributed by atoms with Crippen LogP contribution in [0.1, 0.15) is 11.5 Å². The highest BCUT2D eigenvalue weighted by Crippen LogP contribution is 2.55. The quantitative estimate of drug-likeness (QED) is 0.623. The average molecular weight is 412 g/mol. The van der Waals surface area contributed by atoms with Crippen molar-refractivity contribution < 1.29 is 27.9 Å². The second kappa shape index (κ2) is 7.23. The predicted molar refractivity (Wildman–Crippen MR) is 99.1 cm³/mol. The van der Waals surface area contributed by atoms with Gasteiger partial charge in [0.05, 0.1) is 11.6 Å². The number of aromatic nitrogens is 2. The van der Waals surface area contributed by atoms with Crippen LogP contribution in [0.25, 0.3) is 0 Å². The van der Waals surface area contributed by atoms with Gasteiger partial charge in [-0.1, -0.05) is 0 Å². The number of amides is 2. The largest absolute Gasteiger partial charge is 0.487 e. The van der Waals surface area contributed by atoms with Crippen LogP contribution in [-0.2, 0) is 4.84 Å². The number of hydrogen-bond acceptors (Lipinski definition) is 6. The summed E-state index contributed by atoms with van der Waals surface area (Å²) in [5.74, 6) is 0.0195. The Morgan fingerprint density at radius 1 is 1.13 bits per heavy atom. The number of carbonyl (C=O) groups excluding carboxylic acids is 1. The number of nitrogens with zero attached hydrogens (tertiary/aromatic N) is 2. The number of urea groups is 1. The van der Waals surface area contributed by atoms with Crippen molar-refractivity contribution in [3.8, 4) is 17.4 Å². The second-order valence-electron chi connectivity index (χ2n) is 6.72. The summed E-state index contributed by atoms with van der Waals surface area (Å²) in [5, 5.41) is 2.25. The molecule has 2 heterocycles. The van der Waals surface area contributed by atoms with E-state index in [-0.39, 0.29) is 17.7 Å². The van der Waals surface area contributed by atoms with Crippen LogP contribution in [0, 0.1) is 11.6 Å². The van der Waals surface area contributed by atoms with Crippen molar-refractivity contribution in [1.82, 2.24) is 15.4 Å². The molecule has 2 N–H and O–H groups in total. The molecule has 1 aliphatic heterocycles. The van der Waals surface area contributed by atoms with Gasteiger partial charge in [-0.25, -0.2) is 29.0 Å². The van der Waals surface area contributed by atoms with Gasteiger partial charge in [-0.2, -0.15) is 0 Å². The van der Waals surface area contributed by atoms with Crippen molar-refractivity contribution in [2.24, 2.45) is 0 Å². The number of nitrogens with one attached hydrogen (secondary N) is 2. The van der Waals surface area contributed by atoms with Crippen LogP contribution < -0.4 is 20.3 Å². The van der Waals surface area contributed by atoms with E-state index in [1.54, 1.807) is 24.4 Å². The zero-order valence-corrected chi connectivity index (χ0v) is 15.2. The Labute approximate surface area is 168 Å². The lowest BCUT2D eigenvalue weighted by Crippen LogP contribution is -2.31. The van der Waals surface area contributed by atoms with Crippen LogP contribution in [-0.4, -0.2) is 28.2 Å². The fourth-order valence-electron chi connectivity index (χ4n) is 3.32. The molecule has 2 amide bonds. The van der Waals surface area contributed by atoms with Crippen molar-refractivity contribution in [3.63, 3.8) is 0 Å². The summed E-state index contributed by atoms with van der Waals surface area (Å²) < 4.78 is 38.0. The van der Waals surface area contributed by atoms with E-state index in [9.17, 15) is 13.6 Å². The number of hydrogen-bond donors (Lipinski definition) is 2. The molecule has 0 saturated heterocycles. The van der Waals surface area contributed by atoms with Crippen molar-refractivity contribution in [2.45, 2.75) is 18.1 Å². The van der Waals surface area contributed by atoms with E-state index in [2.05, 4.69) is 20.8 Å². The van der Waals surface area contributed by atoms with Crippen LogP contribution in [0.15, 0.2) is 55.0 Å². The van der Waals surface area contributed by atoms with E-state index in [1.165, 1.54) is 6.33 Å². The number of ether oxygens (including phenoxy) is 2. The highest BCUT2D eigenvalue weighted by molar-refractivity contribution is 5.88. The van der Waals surface area contributed by atoms with E-state index in [1.807, 2.05) is 6.07 Å². The summed E-state index contributed by atoms with van der Waals surface area (Å²) in [6.07, 6.45) is 2.34. The molecule has 1 aromatic heterocycles. The molecule has 0 bridgehead atoms. The first-order valence-electron chi connectivity index (χ1n) is 9.00. The molecule has 2 aliphatic rings. The van der Waals surface area contributed by atoms with Gasteiger partial charge in [-0.05, 0) is 30.3 Å². The summed E-state index contributed by atoms with van der Waals surface area (Å²) in [4.78, 5) is 25.2. The minimum atomic E-state index is -0.887. The third-order valence-corrected chi connectivity index (χ3v) is 4.74. The topological polar surface area (TPSA) is 94.6 Å². The van der Waals surface area contributed by atoms with Crippen LogP contribution in [0.4, 0.5) is 19.3 Å². The molecule has 5 rings (SSSR count). The molecule has 0 unspecified atom stereocenters. The first-order valence-corrected chi connectivity index (χ1v) is 9.00. The summed E-state index contributed by atoms with van der Waals surface area (Å²) in [6, 6.07) is 9.09. The van der Waals surface area contributed by atoms with E-state index >= 15 is 0 Å². The van der Waals surface area contributed by atoms with Crippen LogP contribution >= 0.6 is 0 Å². The molecule has 30 heavy (non-hydrogen) atoms. The standard InChI is InChI=1S/C20H14F2N4O4/c21-10-1-3-14(13(22)7-10)25-20(27)26-30-19-17-12-8-11(2-4-15(12)29-18(17)19)28-16-5-6-23-9-24-16/h1-9,17-19H,(H2,25,26,27)/t17-,18+,19+/m1/s1. The smallest absolute Gasteiger partial charge is 0.343 e. The third kappa shape index (κ3) is 3.48. The SMILES string of the molecule is O=C(NO[C@@H]1[C@H]2Oc3ccc(Oc4ccncn4)cc3[C@@H]12)Nc1ccc(F)cc1F. The van der Waals surface area contributed by atoms with Crippen LogP contribution in [0.3, 0.4) is 0 Å². The molecule has 0 radical (unpaired) electrons. The third-order valence-electron chi connectivity index (χ3n) is 4.74. The number of carbonyl (C=O) groups is 1. The van der Waals surface area contributed by atoms with Crippen LogP contribution in [0.2, 0.25) is 0 Å². The number of hydroxylamine groups is 1. The normalized spacial score (nSPS) is 20.5. The molecule has 1 saturated carbocycles. The van der Waals surface area contributed by atoms with Gasteiger partial charge in [-0.15, -0.1) is 0 Å². The minimum Gasteiger partial charge on any atom is -0.487 e. The van der Waals surface area contributed by atoms with Gasteiger partial charge in [0.2, 0.25) is 5.88 Å². The van der Waals surface area contributed by atoms with Crippen molar-refractivity contribution in [3.05, 3.63) is 72.2 Å². The van der Waals surface area contributed by atoms with E-state index < -0.39 is 23.8 Å². The number of rotatable bonds is 5. The van der Waals surface area contributed by atoms with E-state index in [4.69, 9.17) is 14.3 Å². The molecule has 2 aromatic carbocycles. The molecule has 10 heteroatoms. The molecule has 1 fully saturated rings. The Kier molecular flexibility index (Phi) is 4.40. The Balaban J connectivity index is 1.19. The van der Waals surface area contributed by atoms with E-state index in [0.717, 1.165) is 23.4 Å². The Morgan fingerprint density at radius 2 is 2.03 bits per heavy atom. The number of anilines is 1. The maximum atomic E-state index is 13.6. The Hall–Kier alpha value is -3.79. The predicted octanol–water partition coefficient (Wildman–Crippen LogP) is 3.53. The molecule has 0 spiro atoms. The van der Waals surface area contributed by atoms with Gasteiger partial charge >= 0.3 is 6.03 Å². The van der Waals surface area contributed by atoms with Crippen molar-refractivity contribution in [2.75, 3.05) is 5.32 Å². The van der Waals surface area contributed by atoms with Gasteiger partial charge in [0.25, 0.3) is 0 Å². The van der Waals surface area contributed by atoms with Crippen LogP contribution in [0.5, 0.6) is 17.4 Å². The first kappa shape index (κ1) is 18.3. The maximum absolute atomic E-state index is 13.6.